The van der Waals surface area contributed by atoms with Crippen molar-refractivity contribution in [2.45, 2.75) is 31.6 Å². The van der Waals surface area contributed by atoms with Crippen molar-refractivity contribution in [2.75, 3.05) is 5.75 Å². The minimum Gasteiger partial charge on any atom is -0.212 e. The molecule has 3 aliphatic rings. The van der Waals surface area contributed by atoms with Gasteiger partial charge in [0, 0.05) is 15.7 Å². The second kappa shape index (κ2) is 3.65. The second-order valence-electron chi connectivity index (χ2n) is 5.95. The van der Waals surface area contributed by atoms with Crippen LogP contribution < -0.4 is 0 Å². The molecule has 3 saturated carbocycles. The molecule has 0 unspecified atom stereocenters. The molecule has 2 nitrogen and oxygen atoms in total. The Hall–Kier alpha value is -0.250. The molecule has 98 valence electrons. The van der Waals surface area contributed by atoms with E-state index in [1.165, 1.54) is 11.1 Å². The molecular formula is C13H14Cl2O2S. The molecular weight excluding hydrogens is 291 g/mol. The van der Waals surface area contributed by atoms with E-state index in [4.69, 9.17) is 22.3 Å². The molecule has 0 spiro atoms. The minimum absolute atomic E-state index is 0.0489. The molecule has 18 heavy (non-hydrogen) atoms. The summed E-state index contributed by atoms with van der Waals surface area (Å²) < 4.78 is 22.3. The summed E-state index contributed by atoms with van der Waals surface area (Å²) in [6.45, 7) is 2.06. The maximum absolute atomic E-state index is 11.2. The van der Waals surface area contributed by atoms with E-state index in [0.717, 1.165) is 24.3 Å². The van der Waals surface area contributed by atoms with Crippen molar-refractivity contribution in [1.82, 2.24) is 0 Å². The van der Waals surface area contributed by atoms with E-state index in [-0.39, 0.29) is 16.6 Å². The summed E-state index contributed by atoms with van der Waals surface area (Å²) >= 11 is 5.96. The van der Waals surface area contributed by atoms with Crippen LogP contribution in [0.1, 0.15) is 30.4 Å². The Balaban J connectivity index is 1.80. The Morgan fingerprint density at radius 3 is 2.39 bits per heavy atom. The highest BCUT2D eigenvalue weighted by Gasteiger charge is 2.69. The third kappa shape index (κ3) is 1.87. The zero-order chi connectivity index (χ0) is 13.2. The fraction of sp³-hybridized carbons (Fsp3) is 0.538. The molecule has 2 bridgehead atoms. The van der Waals surface area contributed by atoms with Crippen LogP contribution in [0.4, 0.5) is 0 Å². The van der Waals surface area contributed by atoms with Gasteiger partial charge in [-0.1, -0.05) is 17.7 Å². The van der Waals surface area contributed by atoms with Crippen molar-refractivity contribution >= 4 is 31.3 Å². The zero-order valence-electron chi connectivity index (χ0n) is 10.0. The topological polar surface area (TPSA) is 34.1 Å². The minimum atomic E-state index is -3.38. The highest BCUT2D eigenvalue weighted by molar-refractivity contribution is 8.13. The number of hydrogen-bond donors (Lipinski definition) is 0. The van der Waals surface area contributed by atoms with E-state index in [0.29, 0.717) is 0 Å². The third-order valence-corrected chi connectivity index (χ3v) is 5.90. The summed E-state index contributed by atoms with van der Waals surface area (Å²) in [5.74, 6) is 0.121. The summed E-state index contributed by atoms with van der Waals surface area (Å²) in [5, 5.41) is 0.751. The number of hydrogen-bond acceptors (Lipinski definition) is 2. The van der Waals surface area contributed by atoms with Crippen molar-refractivity contribution in [2.24, 2.45) is 5.41 Å². The monoisotopic (exact) mass is 304 g/mol. The quantitative estimate of drug-likeness (QED) is 0.799. The molecule has 0 saturated heterocycles. The standard InChI is InChI=1S/C13H14Cl2O2S/c1-9-4-10(14)2-3-11(9)13-5-12(6-13,7-13)8-18(15,16)17/h2-4H,5-8H2,1H3. The van der Waals surface area contributed by atoms with Crippen LogP contribution in [0.5, 0.6) is 0 Å². The van der Waals surface area contributed by atoms with Gasteiger partial charge < -0.3 is 0 Å². The normalized spacial score (nSPS) is 33.7. The Morgan fingerprint density at radius 2 is 1.89 bits per heavy atom. The number of benzene rings is 1. The van der Waals surface area contributed by atoms with Crippen LogP contribution in [0.2, 0.25) is 5.02 Å². The number of halogens is 2. The van der Waals surface area contributed by atoms with Crippen molar-refractivity contribution in [1.29, 1.82) is 0 Å². The van der Waals surface area contributed by atoms with Crippen LogP contribution in [0.25, 0.3) is 0 Å². The van der Waals surface area contributed by atoms with Gasteiger partial charge >= 0.3 is 0 Å². The number of rotatable bonds is 3. The number of aryl methyl sites for hydroxylation is 1. The lowest BCUT2D eigenvalue weighted by Crippen LogP contribution is -2.66. The molecule has 4 rings (SSSR count). The average Bonchev–Trinajstić information content (AvgIpc) is 2.08. The Bertz CT molecular complexity index is 602. The lowest BCUT2D eigenvalue weighted by Gasteiger charge is -2.71. The van der Waals surface area contributed by atoms with Gasteiger partial charge in [0.1, 0.15) is 0 Å². The molecule has 1 aromatic carbocycles. The first-order valence-corrected chi connectivity index (χ1v) is 8.78. The average molecular weight is 305 g/mol. The van der Waals surface area contributed by atoms with Crippen LogP contribution in [0.15, 0.2) is 18.2 Å². The second-order valence-corrected chi connectivity index (χ2v) is 9.17. The van der Waals surface area contributed by atoms with Crippen LogP contribution in [0.3, 0.4) is 0 Å². The SMILES string of the molecule is Cc1cc(Cl)ccc1C12CC(CS(=O)(=O)Cl)(C1)C2. The summed E-state index contributed by atoms with van der Waals surface area (Å²) in [6, 6.07) is 5.97. The van der Waals surface area contributed by atoms with E-state index < -0.39 is 9.05 Å². The summed E-state index contributed by atoms with van der Waals surface area (Å²) in [5.41, 5.74) is 2.66. The van der Waals surface area contributed by atoms with E-state index in [1.807, 2.05) is 12.1 Å². The maximum Gasteiger partial charge on any atom is 0.233 e. The first kappa shape index (κ1) is 12.8. The lowest BCUT2D eigenvalue weighted by atomic mass is 9.34. The third-order valence-electron chi connectivity index (χ3n) is 4.38. The van der Waals surface area contributed by atoms with Crippen molar-refractivity contribution in [3.05, 3.63) is 34.3 Å². The fourth-order valence-electron chi connectivity index (χ4n) is 4.02. The van der Waals surface area contributed by atoms with Crippen LogP contribution in [-0.4, -0.2) is 14.2 Å². The van der Waals surface area contributed by atoms with Crippen molar-refractivity contribution in [3.8, 4) is 0 Å². The largest absolute Gasteiger partial charge is 0.233 e. The molecule has 0 aliphatic heterocycles. The van der Waals surface area contributed by atoms with Crippen LogP contribution >= 0.6 is 22.3 Å². The predicted octanol–water partition coefficient (Wildman–Crippen LogP) is 3.64. The molecule has 5 heteroatoms. The summed E-state index contributed by atoms with van der Waals surface area (Å²) in [7, 11) is 1.97. The van der Waals surface area contributed by atoms with Gasteiger partial charge in [0.2, 0.25) is 9.05 Å². The van der Waals surface area contributed by atoms with Gasteiger partial charge in [-0.25, -0.2) is 8.42 Å². The zero-order valence-corrected chi connectivity index (χ0v) is 12.4. The summed E-state index contributed by atoms with van der Waals surface area (Å²) in [4.78, 5) is 0. The smallest absolute Gasteiger partial charge is 0.212 e. The summed E-state index contributed by atoms with van der Waals surface area (Å²) in [6.07, 6.45) is 2.82. The Labute approximate surface area is 117 Å². The highest BCUT2D eigenvalue weighted by Crippen LogP contribution is 2.74. The Kier molecular flexibility index (Phi) is 2.59. The van der Waals surface area contributed by atoms with E-state index in [9.17, 15) is 8.42 Å². The van der Waals surface area contributed by atoms with Gasteiger partial charge in [0.05, 0.1) is 5.75 Å². The molecule has 0 radical (unpaired) electrons. The first-order valence-electron chi connectivity index (χ1n) is 5.93. The molecule has 0 heterocycles. The first-order chi connectivity index (χ1) is 8.24. The van der Waals surface area contributed by atoms with Gasteiger partial charge in [-0.2, -0.15) is 0 Å². The van der Waals surface area contributed by atoms with Gasteiger partial charge in [0.25, 0.3) is 0 Å². The molecule has 0 amide bonds. The fourth-order valence-corrected chi connectivity index (χ4v) is 5.98. The van der Waals surface area contributed by atoms with E-state index in [1.54, 1.807) is 0 Å². The van der Waals surface area contributed by atoms with Gasteiger partial charge in [-0.15, -0.1) is 0 Å². The van der Waals surface area contributed by atoms with E-state index >= 15 is 0 Å². The van der Waals surface area contributed by atoms with Crippen molar-refractivity contribution < 1.29 is 8.42 Å². The van der Waals surface area contributed by atoms with Crippen LogP contribution in [-0.2, 0) is 14.5 Å². The Morgan fingerprint density at radius 1 is 1.28 bits per heavy atom. The highest BCUT2D eigenvalue weighted by atomic mass is 35.7. The molecule has 1 aromatic rings. The van der Waals surface area contributed by atoms with Gasteiger partial charge in [-0.3, -0.25) is 0 Å². The lowest BCUT2D eigenvalue weighted by molar-refractivity contribution is -0.122. The maximum atomic E-state index is 11.2. The molecule has 0 atom stereocenters. The molecule has 0 aromatic heterocycles. The van der Waals surface area contributed by atoms with Gasteiger partial charge in [0.15, 0.2) is 0 Å². The van der Waals surface area contributed by atoms with E-state index in [2.05, 4.69) is 13.0 Å². The molecule has 0 N–H and O–H groups in total. The predicted molar refractivity (Wildman–Crippen MR) is 73.8 cm³/mol. The van der Waals surface area contributed by atoms with Gasteiger partial charge in [-0.05, 0) is 60.3 Å². The molecule has 3 fully saturated rings. The van der Waals surface area contributed by atoms with Crippen LogP contribution in [0, 0.1) is 12.3 Å². The van der Waals surface area contributed by atoms with Crippen molar-refractivity contribution in [3.63, 3.8) is 0 Å². The molecule has 3 aliphatic carbocycles.